The van der Waals surface area contributed by atoms with Gasteiger partial charge in [0, 0.05) is 19.2 Å². The number of hydrogen-bond donors (Lipinski definition) is 0. The first-order valence-electron chi connectivity index (χ1n) is 8.19. The smallest absolute Gasteiger partial charge is 0.289 e. The molecule has 7 heteroatoms. The van der Waals surface area contributed by atoms with Crippen LogP contribution in [0.25, 0.3) is 10.6 Å². The number of aromatic nitrogens is 2. The van der Waals surface area contributed by atoms with Crippen molar-refractivity contribution in [1.82, 2.24) is 14.7 Å². The van der Waals surface area contributed by atoms with Crippen LogP contribution >= 0.6 is 11.3 Å². The minimum Gasteiger partial charge on any atom is -0.459 e. The fraction of sp³-hybridized carbons (Fsp3) is 0.278. The number of furan rings is 1. The van der Waals surface area contributed by atoms with E-state index in [4.69, 9.17) is 4.42 Å². The number of thiophene rings is 1. The van der Waals surface area contributed by atoms with Gasteiger partial charge in [0.1, 0.15) is 5.69 Å². The molecule has 4 heterocycles. The second-order valence-electron chi connectivity index (χ2n) is 6.00. The molecule has 0 aliphatic carbocycles. The molecular weight excluding hydrogens is 338 g/mol. The van der Waals surface area contributed by atoms with Crippen molar-refractivity contribution in [3.8, 4) is 10.6 Å². The predicted molar refractivity (Wildman–Crippen MR) is 94.7 cm³/mol. The molecule has 25 heavy (non-hydrogen) atoms. The highest BCUT2D eigenvalue weighted by Gasteiger charge is 2.28. The van der Waals surface area contributed by atoms with Gasteiger partial charge in [-0.3, -0.25) is 9.59 Å². The predicted octanol–water partition coefficient (Wildman–Crippen LogP) is 3.04. The Morgan fingerprint density at radius 2 is 2.16 bits per heavy atom. The summed E-state index contributed by atoms with van der Waals surface area (Å²) >= 11 is 1.59. The lowest BCUT2D eigenvalue weighted by Gasteiger charge is -2.32. The summed E-state index contributed by atoms with van der Waals surface area (Å²) in [6, 6.07) is 10.5. The maximum absolute atomic E-state index is 12.5. The number of rotatable bonds is 3. The molecule has 4 rings (SSSR count). The largest absolute Gasteiger partial charge is 0.459 e. The lowest BCUT2D eigenvalue weighted by atomic mass is 10.1. The van der Waals surface area contributed by atoms with Gasteiger partial charge >= 0.3 is 0 Å². The topological polar surface area (TPSA) is 68.3 Å². The molecule has 6 nitrogen and oxygen atoms in total. The molecule has 0 saturated carbocycles. The second kappa shape index (κ2) is 6.68. The minimum atomic E-state index is -0.142. The van der Waals surface area contributed by atoms with Crippen molar-refractivity contribution in [2.75, 3.05) is 13.1 Å². The molecule has 1 unspecified atom stereocenters. The van der Waals surface area contributed by atoms with Crippen LogP contribution in [0.4, 0.5) is 0 Å². The van der Waals surface area contributed by atoms with Gasteiger partial charge in [-0.2, -0.15) is 5.10 Å². The standard InChI is InChI=1S/C18H17N3O3S/c22-17-8-7-14(16-6-3-11-25-16)19-21(17)13-4-1-9-20(12-13)18(23)15-5-2-10-24-15/h2-3,5-8,10-11,13H,1,4,9,12H2. The van der Waals surface area contributed by atoms with E-state index in [9.17, 15) is 9.59 Å². The molecule has 1 saturated heterocycles. The summed E-state index contributed by atoms with van der Waals surface area (Å²) in [5, 5.41) is 6.53. The first-order valence-corrected chi connectivity index (χ1v) is 9.07. The maximum atomic E-state index is 12.5. The Kier molecular flexibility index (Phi) is 4.23. The van der Waals surface area contributed by atoms with E-state index < -0.39 is 0 Å². The van der Waals surface area contributed by atoms with Gasteiger partial charge in [-0.15, -0.1) is 11.3 Å². The van der Waals surface area contributed by atoms with Crippen LogP contribution in [0.2, 0.25) is 0 Å². The highest BCUT2D eigenvalue weighted by atomic mass is 32.1. The molecule has 0 aromatic carbocycles. The Hall–Kier alpha value is -2.67. The molecule has 1 amide bonds. The van der Waals surface area contributed by atoms with E-state index in [-0.39, 0.29) is 17.5 Å². The van der Waals surface area contributed by atoms with Crippen LogP contribution in [-0.2, 0) is 0 Å². The molecule has 1 fully saturated rings. The van der Waals surface area contributed by atoms with Gasteiger partial charge in [-0.1, -0.05) is 6.07 Å². The Morgan fingerprint density at radius 3 is 2.92 bits per heavy atom. The molecule has 1 aliphatic heterocycles. The number of amides is 1. The van der Waals surface area contributed by atoms with Gasteiger partial charge in [0.15, 0.2) is 5.76 Å². The van der Waals surface area contributed by atoms with Gasteiger partial charge in [0.25, 0.3) is 11.5 Å². The number of nitrogens with zero attached hydrogens (tertiary/aromatic N) is 3. The van der Waals surface area contributed by atoms with Gasteiger partial charge in [-0.05, 0) is 42.5 Å². The number of likely N-dealkylation sites (tertiary alicyclic amines) is 1. The summed E-state index contributed by atoms with van der Waals surface area (Å²) < 4.78 is 6.73. The normalized spacial score (nSPS) is 17.6. The van der Waals surface area contributed by atoms with Crippen molar-refractivity contribution in [3.63, 3.8) is 0 Å². The Morgan fingerprint density at radius 1 is 1.24 bits per heavy atom. The minimum absolute atomic E-state index is 0.125. The van der Waals surface area contributed by atoms with E-state index in [1.807, 2.05) is 17.5 Å². The van der Waals surface area contributed by atoms with Crippen LogP contribution < -0.4 is 5.56 Å². The van der Waals surface area contributed by atoms with Crippen LogP contribution in [0.1, 0.15) is 29.4 Å². The van der Waals surface area contributed by atoms with Crippen LogP contribution in [0, 0.1) is 0 Å². The SMILES string of the molecule is O=C(c1ccco1)N1CCCC(n2nc(-c3cccs3)ccc2=O)C1. The van der Waals surface area contributed by atoms with Gasteiger partial charge in [0.05, 0.1) is 17.2 Å². The second-order valence-corrected chi connectivity index (χ2v) is 6.95. The Balaban J connectivity index is 1.60. The fourth-order valence-electron chi connectivity index (χ4n) is 3.14. The molecule has 1 aliphatic rings. The number of hydrogen-bond acceptors (Lipinski definition) is 5. The van der Waals surface area contributed by atoms with Crippen molar-refractivity contribution < 1.29 is 9.21 Å². The van der Waals surface area contributed by atoms with Gasteiger partial charge < -0.3 is 9.32 Å². The van der Waals surface area contributed by atoms with Gasteiger partial charge in [-0.25, -0.2) is 4.68 Å². The first-order chi connectivity index (χ1) is 12.2. The highest BCUT2D eigenvalue weighted by molar-refractivity contribution is 7.13. The zero-order valence-corrected chi connectivity index (χ0v) is 14.3. The van der Waals surface area contributed by atoms with Crippen molar-refractivity contribution in [1.29, 1.82) is 0 Å². The van der Waals surface area contributed by atoms with Crippen LogP contribution in [0.15, 0.2) is 57.3 Å². The number of carbonyl (C=O) groups excluding carboxylic acids is 1. The molecular formula is C18H17N3O3S. The third-order valence-electron chi connectivity index (χ3n) is 4.36. The van der Waals surface area contributed by atoms with Gasteiger partial charge in [0.2, 0.25) is 0 Å². The molecule has 0 N–H and O–H groups in total. The zero-order valence-electron chi connectivity index (χ0n) is 13.5. The molecule has 3 aromatic rings. The summed E-state index contributed by atoms with van der Waals surface area (Å²) in [5.74, 6) is 0.186. The molecule has 0 bridgehead atoms. The van der Waals surface area contributed by atoms with Crippen LogP contribution in [0.5, 0.6) is 0 Å². The monoisotopic (exact) mass is 355 g/mol. The van der Waals surface area contributed by atoms with Crippen molar-refractivity contribution in [3.05, 3.63) is 64.2 Å². The van der Waals surface area contributed by atoms with Crippen molar-refractivity contribution >= 4 is 17.2 Å². The summed E-state index contributed by atoms with van der Waals surface area (Å²) in [4.78, 5) is 27.6. The molecule has 128 valence electrons. The van der Waals surface area contributed by atoms with Crippen LogP contribution in [0.3, 0.4) is 0 Å². The molecule has 1 atom stereocenters. The number of carbonyl (C=O) groups is 1. The third-order valence-corrected chi connectivity index (χ3v) is 5.25. The zero-order chi connectivity index (χ0) is 17.2. The van der Waals surface area contributed by atoms with Crippen molar-refractivity contribution in [2.24, 2.45) is 0 Å². The molecule has 0 radical (unpaired) electrons. The maximum Gasteiger partial charge on any atom is 0.289 e. The fourth-order valence-corrected chi connectivity index (χ4v) is 3.83. The Labute approximate surface area is 148 Å². The van der Waals surface area contributed by atoms with E-state index in [0.717, 1.165) is 23.4 Å². The summed E-state index contributed by atoms with van der Waals surface area (Å²) in [7, 11) is 0. The third kappa shape index (κ3) is 3.15. The summed E-state index contributed by atoms with van der Waals surface area (Å²) in [6.45, 7) is 1.12. The average molecular weight is 355 g/mol. The van der Waals surface area contributed by atoms with E-state index in [1.165, 1.54) is 10.9 Å². The van der Waals surface area contributed by atoms with E-state index >= 15 is 0 Å². The lowest BCUT2D eigenvalue weighted by molar-refractivity contribution is 0.0638. The summed E-state index contributed by atoms with van der Waals surface area (Å²) in [6.07, 6.45) is 3.14. The van der Waals surface area contributed by atoms with Crippen molar-refractivity contribution in [2.45, 2.75) is 18.9 Å². The van der Waals surface area contributed by atoms with E-state index in [2.05, 4.69) is 5.10 Å². The lowest BCUT2D eigenvalue weighted by Crippen LogP contribution is -2.43. The first kappa shape index (κ1) is 15.8. The quantitative estimate of drug-likeness (QED) is 0.724. The highest BCUT2D eigenvalue weighted by Crippen LogP contribution is 2.24. The summed E-state index contributed by atoms with van der Waals surface area (Å²) in [5.41, 5.74) is 0.640. The van der Waals surface area contributed by atoms with Crippen LogP contribution in [-0.4, -0.2) is 33.7 Å². The number of piperidine rings is 1. The average Bonchev–Trinajstić information content (AvgIpc) is 3.35. The Bertz CT molecular complexity index is 915. The molecule has 3 aromatic heterocycles. The van der Waals surface area contributed by atoms with E-state index in [1.54, 1.807) is 40.5 Å². The molecule has 0 spiro atoms. The van der Waals surface area contributed by atoms with E-state index in [0.29, 0.717) is 18.8 Å².